The molecule has 1 aromatic heterocycles. The molecule has 2 fully saturated rings. The standard InChI is InChI=1S/C19H28N2O3S.ClH/c1-3-15-8-16-17(25-15)4-7-24-19(16)5-6-20(13(2)9-19)10-14-11-21(12-14)18(22)23;/h8,13-14H,3-7,9-12H2,1-2H3,(H,22,23);1H/t13-,19+;/m0./s1. The number of amides is 1. The van der Waals surface area contributed by atoms with Crippen molar-refractivity contribution in [1.29, 1.82) is 0 Å². The normalized spacial score (nSPS) is 29.2. The van der Waals surface area contributed by atoms with E-state index in [-0.39, 0.29) is 18.0 Å². The zero-order valence-electron chi connectivity index (χ0n) is 15.6. The zero-order chi connectivity index (χ0) is 17.6. The Bertz CT molecular complexity index is 661. The summed E-state index contributed by atoms with van der Waals surface area (Å²) in [6, 6.07) is 2.88. The van der Waals surface area contributed by atoms with Gasteiger partial charge in [-0.25, -0.2) is 4.79 Å². The number of carboxylic acid groups (broad SMARTS) is 1. The van der Waals surface area contributed by atoms with Gasteiger partial charge in [-0.3, -0.25) is 0 Å². The van der Waals surface area contributed by atoms with Crippen LogP contribution in [0.25, 0.3) is 0 Å². The minimum absolute atomic E-state index is 0. The maximum Gasteiger partial charge on any atom is 0.407 e. The van der Waals surface area contributed by atoms with Gasteiger partial charge >= 0.3 is 6.09 Å². The Labute approximate surface area is 165 Å². The van der Waals surface area contributed by atoms with Crippen LogP contribution in [0.2, 0.25) is 0 Å². The van der Waals surface area contributed by atoms with Crippen molar-refractivity contribution in [2.45, 2.75) is 51.2 Å². The lowest BCUT2D eigenvalue weighted by Crippen LogP contribution is -2.57. The number of piperidine rings is 1. The van der Waals surface area contributed by atoms with Gasteiger partial charge in [0.25, 0.3) is 0 Å². The van der Waals surface area contributed by atoms with Crippen LogP contribution in [0.5, 0.6) is 0 Å². The van der Waals surface area contributed by atoms with Crippen molar-refractivity contribution < 1.29 is 14.6 Å². The highest BCUT2D eigenvalue weighted by molar-refractivity contribution is 7.12. The first-order chi connectivity index (χ1) is 12.0. The van der Waals surface area contributed by atoms with Crippen LogP contribution in [0.15, 0.2) is 6.07 Å². The Morgan fingerprint density at radius 2 is 2.23 bits per heavy atom. The molecule has 7 heteroatoms. The minimum Gasteiger partial charge on any atom is -0.465 e. The van der Waals surface area contributed by atoms with Crippen LogP contribution in [0.3, 0.4) is 0 Å². The van der Waals surface area contributed by atoms with Crippen molar-refractivity contribution in [1.82, 2.24) is 9.80 Å². The molecule has 2 atom stereocenters. The molecule has 26 heavy (non-hydrogen) atoms. The summed E-state index contributed by atoms with van der Waals surface area (Å²) in [5.41, 5.74) is 1.38. The van der Waals surface area contributed by atoms with Gasteiger partial charge < -0.3 is 19.6 Å². The summed E-state index contributed by atoms with van der Waals surface area (Å²) in [5, 5.41) is 8.99. The van der Waals surface area contributed by atoms with E-state index >= 15 is 0 Å². The molecule has 0 aliphatic carbocycles. The van der Waals surface area contributed by atoms with Crippen molar-refractivity contribution in [2.75, 3.05) is 32.8 Å². The van der Waals surface area contributed by atoms with Crippen LogP contribution >= 0.6 is 23.7 Å². The molecule has 4 rings (SSSR count). The second-order valence-corrected chi connectivity index (χ2v) is 9.07. The Balaban J connectivity index is 0.00000196. The van der Waals surface area contributed by atoms with E-state index < -0.39 is 6.09 Å². The van der Waals surface area contributed by atoms with Crippen LogP contribution < -0.4 is 0 Å². The Kier molecular flexibility index (Phi) is 5.87. The number of thiophene rings is 1. The minimum atomic E-state index is -0.783. The third-order valence-corrected chi connectivity index (χ3v) is 7.52. The number of fused-ring (bicyclic) bond motifs is 2. The molecule has 0 bridgehead atoms. The number of rotatable bonds is 3. The summed E-state index contributed by atoms with van der Waals surface area (Å²) in [7, 11) is 0. The van der Waals surface area contributed by atoms with E-state index in [4.69, 9.17) is 9.84 Å². The summed E-state index contributed by atoms with van der Waals surface area (Å²) in [6.07, 6.45) is 3.49. The van der Waals surface area contributed by atoms with Gasteiger partial charge in [0, 0.05) is 54.3 Å². The monoisotopic (exact) mass is 400 g/mol. The van der Waals surface area contributed by atoms with Crippen LogP contribution in [-0.2, 0) is 23.2 Å². The number of carbonyl (C=O) groups is 1. The lowest BCUT2D eigenvalue weighted by Gasteiger charge is -2.49. The van der Waals surface area contributed by atoms with Gasteiger partial charge in [0.1, 0.15) is 0 Å². The number of hydrogen-bond acceptors (Lipinski definition) is 4. The van der Waals surface area contributed by atoms with Gasteiger partial charge in [-0.1, -0.05) is 6.92 Å². The van der Waals surface area contributed by atoms with Gasteiger partial charge in [0.05, 0.1) is 12.2 Å². The van der Waals surface area contributed by atoms with Gasteiger partial charge in [-0.05, 0) is 37.8 Å². The molecule has 1 N–H and O–H groups in total. The van der Waals surface area contributed by atoms with E-state index in [9.17, 15) is 4.79 Å². The van der Waals surface area contributed by atoms with Gasteiger partial charge in [-0.2, -0.15) is 0 Å². The van der Waals surface area contributed by atoms with Gasteiger partial charge in [-0.15, -0.1) is 23.7 Å². The molecule has 0 unspecified atom stereocenters. The van der Waals surface area contributed by atoms with Crippen molar-refractivity contribution in [2.24, 2.45) is 5.92 Å². The predicted molar refractivity (Wildman–Crippen MR) is 106 cm³/mol. The maximum atomic E-state index is 10.9. The molecular formula is C19H29ClN2O3S. The average Bonchev–Trinajstić information content (AvgIpc) is 2.97. The second kappa shape index (κ2) is 7.66. The van der Waals surface area contributed by atoms with E-state index in [0.29, 0.717) is 25.0 Å². The van der Waals surface area contributed by atoms with Crippen LogP contribution in [0, 0.1) is 5.92 Å². The summed E-state index contributed by atoms with van der Waals surface area (Å²) in [4.78, 5) is 18.0. The highest BCUT2D eigenvalue weighted by atomic mass is 35.5. The van der Waals surface area contributed by atoms with Crippen LogP contribution in [0.4, 0.5) is 4.79 Å². The highest BCUT2D eigenvalue weighted by Gasteiger charge is 2.45. The van der Waals surface area contributed by atoms with Crippen molar-refractivity contribution in [3.8, 4) is 0 Å². The first kappa shape index (κ1) is 19.9. The fourth-order valence-corrected chi connectivity index (χ4v) is 5.90. The molecule has 3 aliphatic rings. The van der Waals surface area contributed by atoms with E-state index in [0.717, 1.165) is 45.4 Å². The van der Waals surface area contributed by atoms with E-state index in [1.54, 1.807) is 4.88 Å². The van der Waals surface area contributed by atoms with Gasteiger partial charge in [0.15, 0.2) is 0 Å². The molecule has 5 nitrogen and oxygen atoms in total. The summed E-state index contributed by atoms with van der Waals surface area (Å²) < 4.78 is 6.40. The topological polar surface area (TPSA) is 53.0 Å². The fourth-order valence-electron chi connectivity index (χ4n) is 4.72. The maximum absolute atomic E-state index is 10.9. The Morgan fingerprint density at radius 3 is 2.88 bits per heavy atom. The average molecular weight is 401 g/mol. The number of halogens is 1. The third kappa shape index (κ3) is 3.49. The molecular weight excluding hydrogens is 372 g/mol. The van der Waals surface area contributed by atoms with Crippen LogP contribution in [-0.4, -0.2) is 59.8 Å². The number of ether oxygens (including phenoxy) is 1. The lowest BCUT2D eigenvalue weighted by molar-refractivity contribution is -0.114. The molecule has 146 valence electrons. The Hall–Kier alpha value is -0.820. The lowest BCUT2D eigenvalue weighted by atomic mass is 9.79. The van der Waals surface area contributed by atoms with E-state index in [2.05, 4.69) is 24.8 Å². The largest absolute Gasteiger partial charge is 0.465 e. The molecule has 1 spiro atoms. The van der Waals surface area contributed by atoms with E-state index in [1.807, 2.05) is 11.3 Å². The van der Waals surface area contributed by atoms with Gasteiger partial charge in [0.2, 0.25) is 0 Å². The Morgan fingerprint density at radius 1 is 1.46 bits per heavy atom. The third-order valence-electron chi connectivity index (χ3n) is 6.18. The summed E-state index contributed by atoms with van der Waals surface area (Å²) in [5.74, 6) is 0.489. The smallest absolute Gasteiger partial charge is 0.407 e. The quantitative estimate of drug-likeness (QED) is 0.842. The first-order valence-corrected chi connectivity index (χ1v) is 10.3. The summed E-state index contributed by atoms with van der Waals surface area (Å²) >= 11 is 1.98. The number of hydrogen-bond donors (Lipinski definition) is 1. The molecule has 0 saturated carbocycles. The molecule has 1 aromatic rings. The number of aryl methyl sites for hydroxylation is 1. The molecule has 0 aromatic carbocycles. The summed E-state index contributed by atoms with van der Waals surface area (Å²) in [6.45, 7) is 8.82. The van der Waals surface area contributed by atoms with Crippen molar-refractivity contribution in [3.63, 3.8) is 0 Å². The predicted octanol–water partition coefficient (Wildman–Crippen LogP) is 3.59. The molecule has 4 heterocycles. The SMILES string of the molecule is CCc1cc2c(s1)CCO[C@@]21CCN(CC2CN(C(=O)O)C2)[C@@H](C)C1.Cl. The molecule has 0 radical (unpaired) electrons. The number of likely N-dealkylation sites (tertiary alicyclic amines) is 2. The highest BCUT2D eigenvalue weighted by Crippen LogP contribution is 2.46. The second-order valence-electron chi connectivity index (χ2n) is 7.85. The molecule has 2 saturated heterocycles. The fraction of sp³-hybridized carbons (Fsp3) is 0.737. The van der Waals surface area contributed by atoms with E-state index in [1.165, 1.54) is 15.3 Å². The first-order valence-electron chi connectivity index (χ1n) is 9.48. The number of nitrogens with zero attached hydrogens (tertiary/aromatic N) is 2. The molecule has 1 amide bonds. The molecule has 3 aliphatic heterocycles. The van der Waals surface area contributed by atoms with Crippen LogP contribution in [0.1, 0.15) is 42.0 Å². The zero-order valence-corrected chi connectivity index (χ0v) is 17.2. The van der Waals surface area contributed by atoms with Crippen molar-refractivity contribution in [3.05, 3.63) is 21.4 Å². The van der Waals surface area contributed by atoms with Crippen molar-refractivity contribution >= 4 is 29.8 Å².